The monoisotopic (exact) mass is 413 g/mol. The minimum Gasteiger partial charge on any atom is -0.457 e. The van der Waals surface area contributed by atoms with E-state index in [1.165, 1.54) is 6.42 Å². The van der Waals surface area contributed by atoms with Gasteiger partial charge in [0, 0.05) is 17.2 Å². The lowest BCUT2D eigenvalue weighted by atomic mass is 9.47. The van der Waals surface area contributed by atoms with Crippen LogP contribution < -0.4 is 5.32 Å². The molecule has 4 fully saturated rings. The lowest BCUT2D eigenvalue weighted by molar-refractivity contribution is -0.176. The molecule has 0 radical (unpaired) electrons. The molecule has 1 amide bonds. The standard InChI is InChI=1S/C24H31NO5/c1-15(2)22(28)25-19-5-3-18(4-6-19)20(26)13-30-21(27)12-23-8-16-7-17(9-23)11-24(29,10-16)14-23/h3-6,15-17,29H,7-14H2,1-2H3,(H,25,28)/t16-,17+,23?,24?. The second-order valence-electron chi connectivity index (χ2n) is 10.2. The van der Waals surface area contributed by atoms with Gasteiger partial charge in [-0.2, -0.15) is 0 Å². The largest absolute Gasteiger partial charge is 0.457 e. The Bertz CT molecular complexity index is 830. The van der Waals surface area contributed by atoms with Crippen molar-refractivity contribution in [3.63, 3.8) is 0 Å². The fourth-order valence-corrected chi connectivity index (χ4v) is 6.22. The number of anilines is 1. The summed E-state index contributed by atoms with van der Waals surface area (Å²) >= 11 is 0. The Kier molecular flexibility index (Phi) is 5.47. The van der Waals surface area contributed by atoms with Crippen LogP contribution in [0.5, 0.6) is 0 Å². The summed E-state index contributed by atoms with van der Waals surface area (Å²) in [6, 6.07) is 6.60. The summed E-state index contributed by atoms with van der Waals surface area (Å²) in [6.45, 7) is 3.33. The summed E-state index contributed by atoms with van der Waals surface area (Å²) in [6.07, 6.45) is 5.84. The van der Waals surface area contributed by atoms with E-state index in [4.69, 9.17) is 4.74 Å². The van der Waals surface area contributed by atoms with E-state index in [0.29, 0.717) is 29.5 Å². The van der Waals surface area contributed by atoms with E-state index in [9.17, 15) is 19.5 Å². The molecule has 0 aromatic heterocycles. The molecule has 4 atom stereocenters. The third-order valence-electron chi connectivity index (χ3n) is 7.03. The predicted molar refractivity (Wildman–Crippen MR) is 112 cm³/mol. The summed E-state index contributed by atoms with van der Waals surface area (Å²) in [5.41, 5.74) is 0.304. The van der Waals surface area contributed by atoms with E-state index in [2.05, 4.69) is 5.32 Å². The second kappa shape index (κ2) is 7.80. The number of benzene rings is 1. The Morgan fingerprint density at radius 3 is 2.30 bits per heavy atom. The molecule has 4 aliphatic rings. The molecule has 162 valence electrons. The van der Waals surface area contributed by atoms with Crippen molar-refractivity contribution < 1.29 is 24.2 Å². The number of hydrogen-bond acceptors (Lipinski definition) is 5. The third kappa shape index (κ3) is 4.43. The van der Waals surface area contributed by atoms with Crippen LogP contribution in [0.15, 0.2) is 24.3 Å². The van der Waals surface area contributed by atoms with Crippen LogP contribution in [0, 0.1) is 23.2 Å². The summed E-state index contributed by atoms with van der Waals surface area (Å²) in [5.74, 6) is 0.197. The van der Waals surface area contributed by atoms with E-state index in [1.54, 1.807) is 24.3 Å². The van der Waals surface area contributed by atoms with Gasteiger partial charge in [-0.25, -0.2) is 0 Å². The lowest BCUT2D eigenvalue weighted by Crippen LogP contribution is -2.56. The van der Waals surface area contributed by atoms with Crippen molar-refractivity contribution in [3.8, 4) is 0 Å². The molecule has 1 aromatic rings. The molecule has 30 heavy (non-hydrogen) atoms. The summed E-state index contributed by atoms with van der Waals surface area (Å²) in [7, 11) is 0. The molecular formula is C24H31NO5. The van der Waals surface area contributed by atoms with Gasteiger partial charge < -0.3 is 15.2 Å². The van der Waals surface area contributed by atoms with Crippen LogP contribution in [0.1, 0.15) is 69.2 Å². The van der Waals surface area contributed by atoms with Crippen LogP contribution >= 0.6 is 0 Å². The first kappa shape index (κ1) is 21.0. The van der Waals surface area contributed by atoms with Crippen LogP contribution in [-0.2, 0) is 14.3 Å². The van der Waals surface area contributed by atoms with Gasteiger partial charge in [0.25, 0.3) is 0 Å². The summed E-state index contributed by atoms with van der Waals surface area (Å²) in [4.78, 5) is 36.6. The zero-order chi connectivity index (χ0) is 21.5. The smallest absolute Gasteiger partial charge is 0.306 e. The van der Waals surface area contributed by atoms with Crippen LogP contribution in [0.3, 0.4) is 0 Å². The summed E-state index contributed by atoms with van der Waals surface area (Å²) < 4.78 is 5.32. The van der Waals surface area contributed by atoms with Crippen molar-refractivity contribution in [1.82, 2.24) is 0 Å². The van der Waals surface area contributed by atoms with Crippen molar-refractivity contribution in [1.29, 1.82) is 0 Å². The van der Waals surface area contributed by atoms with Gasteiger partial charge in [-0.05, 0) is 80.0 Å². The third-order valence-corrected chi connectivity index (χ3v) is 7.03. The number of hydrogen-bond donors (Lipinski definition) is 2. The van der Waals surface area contributed by atoms with E-state index < -0.39 is 5.60 Å². The van der Waals surface area contributed by atoms with Crippen molar-refractivity contribution in [2.75, 3.05) is 11.9 Å². The molecule has 0 heterocycles. The zero-order valence-electron chi connectivity index (χ0n) is 17.8. The molecular weight excluding hydrogens is 382 g/mol. The maximum atomic E-state index is 12.5. The molecule has 0 saturated heterocycles. The molecule has 4 saturated carbocycles. The van der Waals surface area contributed by atoms with Crippen LogP contribution in [0.4, 0.5) is 5.69 Å². The van der Waals surface area contributed by atoms with E-state index in [0.717, 1.165) is 25.7 Å². The highest BCUT2D eigenvalue weighted by atomic mass is 16.5. The number of esters is 1. The van der Waals surface area contributed by atoms with Crippen LogP contribution in [-0.4, -0.2) is 35.0 Å². The Hall–Kier alpha value is -2.21. The van der Waals surface area contributed by atoms with E-state index >= 15 is 0 Å². The zero-order valence-corrected chi connectivity index (χ0v) is 17.8. The van der Waals surface area contributed by atoms with Gasteiger partial charge in [0.1, 0.15) is 0 Å². The average molecular weight is 414 g/mol. The lowest BCUT2D eigenvalue weighted by Gasteiger charge is -2.60. The maximum absolute atomic E-state index is 12.5. The Morgan fingerprint density at radius 2 is 1.73 bits per heavy atom. The van der Waals surface area contributed by atoms with E-state index in [1.807, 2.05) is 13.8 Å². The maximum Gasteiger partial charge on any atom is 0.306 e. The number of nitrogens with one attached hydrogen (secondary N) is 1. The van der Waals surface area contributed by atoms with Crippen molar-refractivity contribution >= 4 is 23.3 Å². The number of aliphatic hydroxyl groups is 1. The Balaban J connectivity index is 1.29. The van der Waals surface area contributed by atoms with Gasteiger partial charge in [0.05, 0.1) is 12.0 Å². The Morgan fingerprint density at radius 1 is 1.10 bits per heavy atom. The minimum atomic E-state index is -0.604. The van der Waals surface area contributed by atoms with Gasteiger partial charge in [0.15, 0.2) is 12.4 Å². The van der Waals surface area contributed by atoms with Gasteiger partial charge in [-0.3, -0.25) is 14.4 Å². The van der Waals surface area contributed by atoms with Crippen molar-refractivity contribution in [2.45, 2.75) is 64.4 Å². The molecule has 4 aliphatic carbocycles. The molecule has 0 aliphatic heterocycles. The number of ether oxygens (including phenoxy) is 1. The van der Waals surface area contributed by atoms with Gasteiger partial charge in [0.2, 0.25) is 5.91 Å². The van der Waals surface area contributed by atoms with Gasteiger partial charge in [-0.1, -0.05) is 13.8 Å². The molecule has 2 N–H and O–H groups in total. The van der Waals surface area contributed by atoms with Crippen molar-refractivity contribution in [3.05, 3.63) is 29.8 Å². The molecule has 0 spiro atoms. The first-order valence-corrected chi connectivity index (χ1v) is 11.0. The van der Waals surface area contributed by atoms with Gasteiger partial charge in [-0.15, -0.1) is 0 Å². The highest BCUT2D eigenvalue weighted by Gasteiger charge is 2.57. The average Bonchev–Trinajstić information content (AvgIpc) is 2.64. The normalized spacial score (nSPS) is 31.6. The topological polar surface area (TPSA) is 92.7 Å². The molecule has 6 nitrogen and oxygen atoms in total. The molecule has 4 bridgehead atoms. The number of Topliss-reactive ketones (excluding diaryl/α,β-unsaturated/α-hetero) is 1. The van der Waals surface area contributed by atoms with E-state index in [-0.39, 0.29) is 42.0 Å². The first-order valence-electron chi connectivity index (χ1n) is 11.0. The van der Waals surface area contributed by atoms with Gasteiger partial charge >= 0.3 is 5.97 Å². The van der Waals surface area contributed by atoms with Crippen LogP contribution in [0.25, 0.3) is 0 Å². The number of amides is 1. The highest BCUT2D eigenvalue weighted by Crippen LogP contribution is 2.62. The van der Waals surface area contributed by atoms with Crippen LogP contribution in [0.2, 0.25) is 0 Å². The summed E-state index contributed by atoms with van der Waals surface area (Å²) in [5, 5.41) is 13.6. The molecule has 1 aromatic carbocycles. The molecule has 5 rings (SSSR count). The number of carbonyl (C=O) groups is 3. The van der Waals surface area contributed by atoms with Crippen molar-refractivity contribution in [2.24, 2.45) is 23.2 Å². The SMILES string of the molecule is CC(C)C(=O)Nc1ccc(C(=O)COC(=O)CC23C[C@@H]4C[C@@H](CC(O)(C4)C2)C3)cc1. The number of ketones is 1. The number of rotatable bonds is 7. The second-order valence-corrected chi connectivity index (χ2v) is 10.2. The highest BCUT2D eigenvalue weighted by molar-refractivity contribution is 5.99. The molecule has 6 heteroatoms. The Labute approximate surface area is 177 Å². The number of carbonyl (C=O) groups excluding carboxylic acids is 3. The fourth-order valence-electron chi connectivity index (χ4n) is 6.22. The fraction of sp³-hybridized carbons (Fsp3) is 0.625. The first-order chi connectivity index (χ1) is 14.2. The molecule has 2 unspecified atom stereocenters. The quantitative estimate of drug-likeness (QED) is 0.525. The minimum absolute atomic E-state index is 0.0858. The predicted octanol–water partition coefficient (Wildman–Crippen LogP) is 3.73.